The third kappa shape index (κ3) is 7.05. The van der Waals surface area contributed by atoms with Crippen molar-refractivity contribution in [3.8, 4) is 11.5 Å². The Labute approximate surface area is 225 Å². The number of aliphatic imine (C=N–C) groups is 1. The first-order chi connectivity index (χ1) is 18.0. The van der Waals surface area contributed by atoms with E-state index < -0.39 is 5.25 Å². The summed E-state index contributed by atoms with van der Waals surface area (Å²) in [5, 5.41) is 3.27. The Morgan fingerprint density at radius 2 is 1.78 bits per heavy atom. The van der Waals surface area contributed by atoms with Crippen molar-refractivity contribution >= 4 is 51.7 Å². The second-order valence-corrected chi connectivity index (χ2v) is 9.91. The summed E-state index contributed by atoms with van der Waals surface area (Å²) >= 11 is 7.63. The first kappa shape index (κ1) is 26.6. The van der Waals surface area contributed by atoms with Crippen LogP contribution in [0.5, 0.6) is 11.5 Å². The van der Waals surface area contributed by atoms with Gasteiger partial charge in [-0.2, -0.15) is 0 Å². The van der Waals surface area contributed by atoms with Gasteiger partial charge in [0.15, 0.2) is 5.17 Å². The average Bonchev–Trinajstić information content (AvgIpc) is 2.91. The van der Waals surface area contributed by atoms with Crippen LogP contribution in [-0.4, -0.2) is 40.8 Å². The van der Waals surface area contributed by atoms with Gasteiger partial charge in [0.25, 0.3) is 0 Å². The topological polar surface area (TPSA) is 80.2 Å². The molecule has 1 atom stereocenters. The van der Waals surface area contributed by atoms with E-state index in [0.29, 0.717) is 33.9 Å². The maximum absolute atomic E-state index is 13.3. The van der Waals surface area contributed by atoms with E-state index in [4.69, 9.17) is 26.1 Å². The second-order valence-electron chi connectivity index (χ2n) is 8.34. The van der Waals surface area contributed by atoms with Crippen molar-refractivity contribution in [2.75, 3.05) is 19.0 Å². The maximum Gasteiger partial charge on any atom is 0.238 e. The summed E-state index contributed by atoms with van der Waals surface area (Å²) in [7, 11) is 1.59. The van der Waals surface area contributed by atoms with E-state index in [-0.39, 0.29) is 24.8 Å². The molecule has 1 saturated heterocycles. The first-order valence-electron chi connectivity index (χ1n) is 11.9. The number of ether oxygens (including phenoxy) is 2. The van der Waals surface area contributed by atoms with E-state index in [0.717, 1.165) is 17.7 Å². The normalized spacial score (nSPS) is 16.5. The van der Waals surface area contributed by atoms with Gasteiger partial charge in [0.05, 0.1) is 25.9 Å². The number of nitrogens with zero attached hydrogens (tertiary/aromatic N) is 2. The SMILES string of the molecule is CCCOc1ccc(NC(=O)C2CC(=O)N(Cc3ccccc3Cl)C(=Nc3ccc(OC)cc3)S2)cc1. The number of halogens is 1. The Morgan fingerprint density at radius 1 is 1.08 bits per heavy atom. The zero-order chi connectivity index (χ0) is 26.2. The minimum atomic E-state index is -0.636. The molecule has 0 bridgehead atoms. The van der Waals surface area contributed by atoms with E-state index in [1.54, 1.807) is 54.5 Å². The monoisotopic (exact) mass is 537 g/mol. The van der Waals surface area contributed by atoms with Crippen LogP contribution in [-0.2, 0) is 16.1 Å². The number of thioether (sulfide) groups is 1. The predicted molar refractivity (Wildman–Crippen MR) is 149 cm³/mol. The first-order valence-corrected chi connectivity index (χ1v) is 13.2. The standard InChI is InChI=1S/C28H28ClN3O4S/c1-3-16-36-23-14-10-20(11-15-23)30-27(34)25-17-26(33)32(18-19-6-4-5-7-24(19)29)28(37-25)31-21-8-12-22(35-2)13-9-21/h4-15,25H,3,16-18H2,1-2H3,(H,30,34). The van der Waals surface area contributed by atoms with Gasteiger partial charge in [0.1, 0.15) is 16.7 Å². The molecule has 192 valence electrons. The molecule has 1 aliphatic heterocycles. The smallest absolute Gasteiger partial charge is 0.238 e. The van der Waals surface area contributed by atoms with Crippen molar-refractivity contribution in [3.63, 3.8) is 0 Å². The van der Waals surface area contributed by atoms with Crippen molar-refractivity contribution in [3.05, 3.63) is 83.4 Å². The van der Waals surface area contributed by atoms with Crippen LogP contribution in [0.3, 0.4) is 0 Å². The predicted octanol–water partition coefficient (Wildman–Crippen LogP) is 6.30. The van der Waals surface area contributed by atoms with Crippen LogP contribution in [0, 0.1) is 0 Å². The molecular formula is C28H28ClN3O4S. The number of benzene rings is 3. The maximum atomic E-state index is 13.3. The van der Waals surface area contributed by atoms with Crippen LogP contribution < -0.4 is 14.8 Å². The van der Waals surface area contributed by atoms with Gasteiger partial charge >= 0.3 is 0 Å². The van der Waals surface area contributed by atoms with Gasteiger partial charge in [-0.05, 0) is 66.6 Å². The Balaban J connectivity index is 1.54. The van der Waals surface area contributed by atoms with Crippen LogP contribution in [0.15, 0.2) is 77.8 Å². The molecule has 2 amide bonds. The molecule has 0 spiro atoms. The number of methoxy groups -OCH3 is 1. The lowest BCUT2D eigenvalue weighted by Gasteiger charge is -2.32. The number of nitrogens with one attached hydrogen (secondary N) is 1. The summed E-state index contributed by atoms with van der Waals surface area (Å²) in [4.78, 5) is 32.7. The zero-order valence-electron chi connectivity index (χ0n) is 20.6. The fraction of sp³-hybridized carbons (Fsp3) is 0.250. The molecule has 7 nitrogen and oxygen atoms in total. The molecule has 1 aliphatic rings. The quantitative estimate of drug-likeness (QED) is 0.346. The number of rotatable bonds is 9. The Hall–Kier alpha value is -3.49. The van der Waals surface area contributed by atoms with Crippen molar-refractivity contribution in [1.82, 2.24) is 4.90 Å². The summed E-state index contributed by atoms with van der Waals surface area (Å²) in [6.45, 7) is 2.93. The van der Waals surface area contributed by atoms with Gasteiger partial charge in [-0.25, -0.2) is 4.99 Å². The molecule has 3 aromatic carbocycles. The van der Waals surface area contributed by atoms with E-state index in [2.05, 4.69) is 5.32 Å². The molecule has 1 N–H and O–H groups in total. The number of anilines is 1. The van der Waals surface area contributed by atoms with Crippen LogP contribution in [0.2, 0.25) is 5.02 Å². The van der Waals surface area contributed by atoms with E-state index >= 15 is 0 Å². The zero-order valence-corrected chi connectivity index (χ0v) is 22.2. The van der Waals surface area contributed by atoms with Gasteiger partial charge in [-0.3, -0.25) is 14.5 Å². The molecule has 9 heteroatoms. The molecule has 0 aromatic heterocycles. The number of hydrogen-bond donors (Lipinski definition) is 1. The lowest BCUT2D eigenvalue weighted by Crippen LogP contribution is -2.44. The number of amidine groups is 1. The molecule has 3 aromatic rings. The lowest BCUT2D eigenvalue weighted by molar-refractivity contribution is -0.129. The van der Waals surface area contributed by atoms with Crippen molar-refractivity contribution < 1.29 is 19.1 Å². The van der Waals surface area contributed by atoms with E-state index in [9.17, 15) is 9.59 Å². The molecule has 4 rings (SSSR count). The third-order valence-corrected chi connectivity index (χ3v) is 7.17. The molecule has 0 radical (unpaired) electrons. The molecular weight excluding hydrogens is 510 g/mol. The minimum absolute atomic E-state index is 0.0419. The highest BCUT2D eigenvalue weighted by molar-refractivity contribution is 8.15. The summed E-state index contributed by atoms with van der Waals surface area (Å²) in [5.41, 5.74) is 2.08. The number of hydrogen-bond acceptors (Lipinski definition) is 6. The Kier molecular flexibility index (Phi) is 9.09. The van der Waals surface area contributed by atoms with Crippen molar-refractivity contribution in [2.45, 2.75) is 31.6 Å². The fourth-order valence-corrected chi connectivity index (χ4v) is 4.93. The van der Waals surface area contributed by atoms with E-state index in [1.807, 2.05) is 37.3 Å². The number of carbonyl (C=O) groups excluding carboxylic acids is 2. The highest BCUT2D eigenvalue weighted by Crippen LogP contribution is 2.32. The summed E-state index contributed by atoms with van der Waals surface area (Å²) in [5.74, 6) is 0.980. The third-order valence-electron chi connectivity index (χ3n) is 5.61. The van der Waals surface area contributed by atoms with Gasteiger partial charge in [0.2, 0.25) is 11.8 Å². The van der Waals surface area contributed by atoms with Crippen LogP contribution in [0.4, 0.5) is 11.4 Å². The second kappa shape index (κ2) is 12.7. The summed E-state index contributed by atoms with van der Waals surface area (Å²) in [6.07, 6.45) is 0.958. The molecule has 37 heavy (non-hydrogen) atoms. The van der Waals surface area contributed by atoms with Gasteiger partial charge in [-0.15, -0.1) is 0 Å². The lowest BCUT2D eigenvalue weighted by atomic mass is 10.2. The van der Waals surface area contributed by atoms with Gasteiger partial charge in [0, 0.05) is 17.1 Å². The van der Waals surface area contributed by atoms with Crippen molar-refractivity contribution in [2.24, 2.45) is 4.99 Å². The highest BCUT2D eigenvalue weighted by Gasteiger charge is 2.36. The minimum Gasteiger partial charge on any atom is -0.497 e. The van der Waals surface area contributed by atoms with Gasteiger partial charge in [-0.1, -0.05) is 48.5 Å². The molecule has 0 aliphatic carbocycles. The summed E-state index contributed by atoms with van der Waals surface area (Å²) in [6, 6.07) is 21.8. The summed E-state index contributed by atoms with van der Waals surface area (Å²) < 4.78 is 10.8. The fourth-order valence-electron chi connectivity index (χ4n) is 3.64. The van der Waals surface area contributed by atoms with Crippen LogP contribution in [0.25, 0.3) is 0 Å². The average molecular weight is 538 g/mol. The highest BCUT2D eigenvalue weighted by atomic mass is 35.5. The molecule has 1 heterocycles. The Morgan fingerprint density at radius 3 is 2.46 bits per heavy atom. The number of amides is 2. The van der Waals surface area contributed by atoms with Gasteiger partial charge < -0.3 is 14.8 Å². The van der Waals surface area contributed by atoms with Crippen LogP contribution in [0.1, 0.15) is 25.3 Å². The van der Waals surface area contributed by atoms with E-state index in [1.165, 1.54) is 11.8 Å². The van der Waals surface area contributed by atoms with Crippen molar-refractivity contribution in [1.29, 1.82) is 0 Å². The molecule has 1 fully saturated rings. The van der Waals surface area contributed by atoms with Crippen LogP contribution >= 0.6 is 23.4 Å². The Bertz CT molecular complexity index is 1270. The molecule has 1 unspecified atom stereocenters. The number of carbonyl (C=O) groups is 2. The molecule has 0 saturated carbocycles. The largest absolute Gasteiger partial charge is 0.497 e.